The van der Waals surface area contributed by atoms with Gasteiger partial charge in [-0.2, -0.15) is 4.31 Å². The minimum absolute atomic E-state index is 0.130. The van der Waals surface area contributed by atoms with E-state index in [0.717, 1.165) is 16.4 Å². The smallest absolute Gasteiger partial charge is 0.262 e. The number of rotatable bonds is 6. The lowest BCUT2D eigenvalue weighted by Gasteiger charge is -2.16. The summed E-state index contributed by atoms with van der Waals surface area (Å²) < 4.78 is 33.1. The van der Waals surface area contributed by atoms with Crippen LogP contribution in [0, 0.1) is 3.57 Å². The predicted molar refractivity (Wildman–Crippen MR) is 113 cm³/mol. The van der Waals surface area contributed by atoms with E-state index >= 15 is 0 Å². The van der Waals surface area contributed by atoms with Crippen molar-refractivity contribution in [1.29, 1.82) is 0 Å². The van der Waals surface area contributed by atoms with Crippen molar-refractivity contribution in [1.82, 2.24) is 4.31 Å². The number of amides is 1. The van der Waals surface area contributed by atoms with Crippen LogP contribution in [0.25, 0.3) is 0 Å². The molecule has 1 amide bonds. The van der Waals surface area contributed by atoms with Gasteiger partial charge in [0.2, 0.25) is 10.0 Å². The van der Waals surface area contributed by atoms with Gasteiger partial charge in [0.05, 0.1) is 9.92 Å². The van der Waals surface area contributed by atoms with E-state index in [0.29, 0.717) is 18.8 Å². The highest BCUT2D eigenvalue weighted by Crippen LogP contribution is 2.29. The number of nitrogens with one attached hydrogen (secondary N) is 1. The standard InChI is InChI=1S/C18H18ClIN2O4S/c19-16-11-15(27(24,25)22-9-1-2-10-22)7-8-17(16)26-12-18(23)21-14-5-3-13(20)4-6-14/h3-8,11H,1-2,9-10,12H2,(H,21,23). The Balaban J connectivity index is 1.62. The average Bonchev–Trinajstić information content (AvgIpc) is 3.18. The zero-order chi connectivity index (χ0) is 19.4. The zero-order valence-electron chi connectivity index (χ0n) is 14.3. The number of carbonyl (C=O) groups is 1. The minimum Gasteiger partial charge on any atom is -0.482 e. The van der Waals surface area contributed by atoms with E-state index < -0.39 is 10.0 Å². The SMILES string of the molecule is O=C(COc1ccc(S(=O)(=O)N2CCCC2)cc1Cl)Nc1ccc(I)cc1. The molecular weight excluding hydrogens is 503 g/mol. The van der Waals surface area contributed by atoms with Crippen molar-refractivity contribution >= 4 is 55.8 Å². The number of nitrogens with zero attached hydrogens (tertiary/aromatic N) is 1. The number of benzene rings is 2. The van der Waals surface area contributed by atoms with Gasteiger partial charge >= 0.3 is 0 Å². The maximum Gasteiger partial charge on any atom is 0.262 e. The van der Waals surface area contributed by atoms with E-state index in [2.05, 4.69) is 27.9 Å². The Morgan fingerprint density at radius 2 is 1.81 bits per heavy atom. The molecule has 3 rings (SSSR count). The quantitative estimate of drug-likeness (QED) is 0.589. The average molecular weight is 521 g/mol. The second-order valence-electron chi connectivity index (χ2n) is 6.05. The van der Waals surface area contributed by atoms with Gasteiger partial charge in [0.1, 0.15) is 5.75 Å². The molecule has 27 heavy (non-hydrogen) atoms. The Kier molecular flexibility index (Phi) is 6.61. The molecule has 1 N–H and O–H groups in total. The maximum absolute atomic E-state index is 12.6. The molecule has 0 atom stereocenters. The van der Waals surface area contributed by atoms with Gasteiger partial charge in [-0.3, -0.25) is 4.79 Å². The van der Waals surface area contributed by atoms with Gasteiger partial charge in [0.15, 0.2) is 6.61 Å². The molecule has 0 radical (unpaired) electrons. The topological polar surface area (TPSA) is 75.7 Å². The van der Waals surface area contributed by atoms with Crippen LogP contribution in [0.4, 0.5) is 5.69 Å². The summed E-state index contributed by atoms with van der Waals surface area (Å²) >= 11 is 8.34. The second-order valence-corrected chi connectivity index (χ2v) is 9.64. The summed E-state index contributed by atoms with van der Waals surface area (Å²) in [6, 6.07) is 11.6. The fourth-order valence-electron chi connectivity index (χ4n) is 2.71. The first-order valence-electron chi connectivity index (χ1n) is 8.34. The minimum atomic E-state index is -3.54. The Bertz CT molecular complexity index is 929. The van der Waals surface area contributed by atoms with Crippen molar-refractivity contribution in [3.63, 3.8) is 0 Å². The Morgan fingerprint density at radius 1 is 1.15 bits per heavy atom. The molecular formula is C18H18ClIN2O4S. The number of sulfonamides is 1. The first-order chi connectivity index (χ1) is 12.9. The van der Waals surface area contributed by atoms with E-state index in [1.807, 2.05) is 12.1 Å². The van der Waals surface area contributed by atoms with Gasteiger partial charge in [-0.1, -0.05) is 11.6 Å². The van der Waals surface area contributed by atoms with Crippen molar-refractivity contribution < 1.29 is 17.9 Å². The first-order valence-corrected chi connectivity index (χ1v) is 11.2. The summed E-state index contributed by atoms with van der Waals surface area (Å²) in [4.78, 5) is 12.1. The largest absolute Gasteiger partial charge is 0.482 e. The highest BCUT2D eigenvalue weighted by atomic mass is 127. The van der Waals surface area contributed by atoms with Crippen LogP contribution < -0.4 is 10.1 Å². The second kappa shape index (κ2) is 8.76. The van der Waals surface area contributed by atoms with E-state index in [1.165, 1.54) is 22.5 Å². The van der Waals surface area contributed by atoms with Crippen molar-refractivity contribution in [2.24, 2.45) is 0 Å². The normalized spacial score (nSPS) is 14.9. The van der Waals surface area contributed by atoms with Gasteiger partial charge in [-0.05, 0) is 77.9 Å². The predicted octanol–water partition coefficient (Wildman–Crippen LogP) is 3.75. The fourth-order valence-corrected chi connectivity index (χ4v) is 4.91. The summed E-state index contributed by atoms with van der Waals surface area (Å²) in [6.07, 6.45) is 1.73. The Labute approximate surface area is 177 Å². The number of hydrogen-bond acceptors (Lipinski definition) is 4. The Morgan fingerprint density at radius 3 is 2.44 bits per heavy atom. The van der Waals surface area contributed by atoms with Crippen molar-refractivity contribution in [2.45, 2.75) is 17.7 Å². The van der Waals surface area contributed by atoms with Gasteiger partial charge in [0.25, 0.3) is 5.91 Å². The first kappa shape index (κ1) is 20.4. The lowest BCUT2D eigenvalue weighted by Crippen LogP contribution is -2.27. The summed E-state index contributed by atoms with van der Waals surface area (Å²) in [5, 5.41) is 2.87. The molecule has 0 bridgehead atoms. The molecule has 1 aliphatic rings. The molecule has 2 aromatic rings. The van der Waals surface area contributed by atoms with Gasteiger partial charge < -0.3 is 10.1 Å². The molecule has 144 valence electrons. The molecule has 0 saturated carbocycles. The van der Waals surface area contributed by atoms with Gasteiger partial charge in [-0.15, -0.1) is 0 Å². The summed E-state index contributed by atoms with van der Waals surface area (Å²) in [7, 11) is -3.54. The highest BCUT2D eigenvalue weighted by molar-refractivity contribution is 14.1. The number of anilines is 1. The van der Waals surface area contributed by atoms with E-state index in [1.54, 1.807) is 12.1 Å². The van der Waals surface area contributed by atoms with Crippen molar-refractivity contribution in [3.8, 4) is 5.75 Å². The van der Waals surface area contributed by atoms with Gasteiger partial charge in [-0.25, -0.2) is 8.42 Å². The fraction of sp³-hybridized carbons (Fsp3) is 0.278. The number of ether oxygens (including phenoxy) is 1. The molecule has 0 spiro atoms. The van der Waals surface area contributed by atoms with Crippen molar-refractivity contribution in [3.05, 3.63) is 51.1 Å². The van der Waals surface area contributed by atoms with E-state index in [-0.39, 0.29) is 28.2 Å². The van der Waals surface area contributed by atoms with Gasteiger partial charge in [0, 0.05) is 22.3 Å². The summed E-state index contributed by atoms with van der Waals surface area (Å²) in [5.74, 6) is -0.0733. The zero-order valence-corrected chi connectivity index (χ0v) is 18.1. The van der Waals surface area contributed by atoms with Crippen LogP contribution in [0.15, 0.2) is 47.4 Å². The maximum atomic E-state index is 12.6. The summed E-state index contributed by atoms with van der Waals surface area (Å²) in [5.41, 5.74) is 0.669. The number of carbonyl (C=O) groups excluding carboxylic acids is 1. The van der Waals surface area contributed by atoms with Crippen LogP contribution >= 0.6 is 34.2 Å². The molecule has 0 aromatic heterocycles. The molecule has 1 aliphatic heterocycles. The third-order valence-corrected chi connectivity index (χ3v) is 7.00. The van der Waals surface area contributed by atoms with Crippen LogP contribution in [-0.2, 0) is 14.8 Å². The monoisotopic (exact) mass is 520 g/mol. The third-order valence-electron chi connectivity index (χ3n) is 4.09. The van der Waals surface area contributed by atoms with Crippen LogP contribution in [0.1, 0.15) is 12.8 Å². The number of halogens is 2. The third kappa shape index (κ3) is 5.13. The Hall–Kier alpha value is -1.36. The molecule has 6 nitrogen and oxygen atoms in total. The molecule has 1 fully saturated rings. The van der Waals surface area contributed by atoms with E-state index in [9.17, 15) is 13.2 Å². The summed E-state index contributed by atoms with van der Waals surface area (Å²) in [6.45, 7) is 0.817. The molecule has 1 heterocycles. The molecule has 0 aliphatic carbocycles. The highest BCUT2D eigenvalue weighted by Gasteiger charge is 2.27. The number of hydrogen-bond donors (Lipinski definition) is 1. The van der Waals surface area contributed by atoms with Crippen LogP contribution in [0.2, 0.25) is 5.02 Å². The molecule has 9 heteroatoms. The molecule has 0 unspecified atom stereocenters. The van der Waals surface area contributed by atoms with Crippen LogP contribution in [0.3, 0.4) is 0 Å². The lowest BCUT2D eigenvalue weighted by atomic mass is 10.3. The van der Waals surface area contributed by atoms with Crippen LogP contribution in [0.5, 0.6) is 5.75 Å². The molecule has 2 aromatic carbocycles. The van der Waals surface area contributed by atoms with E-state index in [4.69, 9.17) is 16.3 Å². The van der Waals surface area contributed by atoms with Crippen LogP contribution in [-0.4, -0.2) is 38.3 Å². The van der Waals surface area contributed by atoms with Crippen molar-refractivity contribution in [2.75, 3.05) is 25.0 Å². The molecule has 1 saturated heterocycles. The lowest BCUT2D eigenvalue weighted by molar-refractivity contribution is -0.118.